The van der Waals surface area contributed by atoms with Crippen molar-refractivity contribution in [1.82, 2.24) is 10.0 Å². The van der Waals surface area contributed by atoms with E-state index in [2.05, 4.69) is 4.98 Å². The normalized spacial score (nSPS) is 8.87. The number of carbonyl (C=O) groups excluding carboxylic acids is 1. The van der Waals surface area contributed by atoms with Gasteiger partial charge in [0.2, 0.25) is 0 Å². The van der Waals surface area contributed by atoms with Gasteiger partial charge in [0.25, 0.3) is 5.91 Å². The summed E-state index contributed by atoms with van der Waals surface area (Å²) in [6.07, 6.45) is 1.59. The number of hydroxylamine groups is 2. The van der Waals surface area contributed by atoms with Crippen molar-refractivity contribution in [2.24, 2.45) is 0 Å². The lowest BCUT2D eigenvalue weighted by Gasteiger charge is -2.13. The highest BCUT2D eigenvalue weighted by Crippen LogP contribution is 2.05. The largest absolute Gasteiger partial charge is 0.295 e. The number of pyridine rings is 1. The first kappa shape index (κ1) is 13.6. The van der Waals surface area contributed by atoms with Crippen LogP contribution in [0.4, 0.5) is 0 Å². The van der Waals surface area contributed by atoms with Gasteiger partial charge in [-0.25, -0.2) is 5.06 Å². The Labute approximate surface area is 90.8 Å². The van der Waals surface area contributed by atoms with Crippen molar-refractivity contribution >= 4 is 5.91 Å². The minimum absolute atomic E-state index is 0.236. The van der Waals surface area contributed by atoms with Gasteiger partial charge in [-0.15, -0.1) is 0 Å². The van der Waals surface area contributed by atoms with Gasteiger partial charge in [-0.3, -0.25) is 14.6 Å². The molecule has 4 nitrogen and oxygen atoms in total. The summed E-state index contributed by atoms with van der Waals surface area (Å²) >= 11 is 0. The molecule has 1 aromatic rings. The highest BCUT2D eigenvalue weighted by molar-refractivity contribution is 5.92. The lowest BCUT2D eigenvalue weighted by atomic mass is 10.2. The Balaban J connectivity index is 0.000000921. The third-order valence-electron chi connectivity index (χ3n) is 1.77. The minimum Gasteiger partial charge on any atom is -0.274 e. The summed E-state index contributed by atoms with van der Waals surface area (Å²) in [5.41, 5.74) is 1.27. The van der Waals surface area contributed by atoms with E-state index in [1.54, 1.807) is 19.3 Å². The number of hydrogen-bond acceptors (Lipinski definition) is 3. The standard InChI is InChI=1S/C9H12N2O2.C2H6/c1-7-5-4-6-10-8(7)9(12)11(2)13-3;1-2/h4-6H,1-3H3;1-2H3. The lowest BCUT2D eigenvalue weighted by Crippen LogP contribution is -2.26. The maximum Gasteiger partial charge on any atom is 0.295 e. The average Bonchev–Trinajstić information content (AvgIpc) is 2.30. The second-order valence-corrected chi connectivity index (χ2v) is 2.65. The Morgan fingerprint density at radius 1 is 1.47 bits per heavy atom. The Kier molecular flexibility index (Phi) is 6.29. The molecule has 0 N–H and O–H groups in total. The molecule has 0 aliphatic rings. The van der Waals surface area contributed by atoms with Crippen molar-refractivity contribution in [2.75, 3.05) is 14.2 Å². The van der Waals surface area contributed by atoms with Crippen LogP contribution in [0.2, 0.25) is 0 Å². The minimum atomic E-state index is -0.236. The van der Waals surface area contributed by atoms with Crippen LogP contribution in [-0.4, -0.2) is 30.1 Å². The second kappa shape index (κ2) is 6.95. The van der Waals surface area contributed by atoms with Crippen LogP contribution in [0.3, 0.4) is 0 Å². The molecule has 0 atom stereocenters. The molecule has 0 aliphatic heterocycles. The van der Waals surface area contributed by atoms with Crippen LogP contribution >= 0.6 is 0 Å². The first-order valence-electron chi connectivity index (χ1n) is 4.90. The van der Waals surface area contributed by atoms with Gasteiger partial charge >= 0.3 is 0 Å². The van der Waals surface area contributed by atoms with Crippen LogP contribution in [0.5, 0.6) is 0 Å². The molecule has 1 amide bonds. The first-order chi connectivity index (χ1) is 7.16. The molecule has 15 heavy (non-hydrogen) atoms. The summed E-state index contributed by atoms with van der Waals surface area (Å²) in [7, 11) is 2.99. The summed E-state index contributed by atoms with van der Waals surface area (Å²) in [4.78, 5) is 20.3. The van der Waals surface area contributed by atoms with Gasteiger partial charge in [-0.05, 0) is 18.6 Å². The molecule has 0 aromatic carbocycles. The molecular weight excluding hydrogens is 192 g/mol. The molecule has 0 saturated carbocycles. The van der Waals surface area contributed by atoms with Crippen molar-refractivity contribution in [3.63, 3.8) is 0 Å². The molecule has 0 radical (unpaired) electrons. The van der Waals surface area contributed by atoms with Crippen molar-refractivity contribution in [2.45, 2.75) is 20.8 Å². The molecule has 0 spiro atoms. The van der Waals surface area contributed by atoms with Crippen molar-refractivity contribution in [3.05, 3.63) is 29.6 Å². The Hall–Kier alpha value is -1.42. The van der Waals surface area contributed by atoms with Gasteiger partial charge in [-0.1, -0.05) is 19.9 Å². The Morgan fingerprint density at radius 3 is 2.53 bits per heavy atom. The third kappa shape index (κ3) is 3.67. The summed E-state index contributed by atoms with van der Waals surface area (Å²) in [5.74, 6) is -0.236. The summed E-state index contributed by atoms with van der Waals surface area (Å²) in [5, 5.41) is 1.15. The van der Waals surface area contributed by atoms with E-state index in [4.69, 9.17) is 4.84 Å². The van der Waals surface area contributed by atoms with Gasteiger partial charge in [0.1, 0.15) is 5.69 Å². The fourth-order valence-electron chi connectivity index (χ4n) is 0.942. The Morgan fingerprint density at radius 2 is 2.07 bits per heavy atom. The van der Waals surface area contributed by atoms with Gasteiger partial charge in [-0.2, -0.15) is 0 Å². The molecule has 0 bridgehead atoms. The predicted molar refractivity (Wildman–Crippen MR) is 59.4 cm³/mol. The van der Waals surface area contributed by atoms with Crippen LogP contribution < -0.4 is 0 Å². The first-order valence-corrected chi connectivity index (χ1v) is 4.90. The summed E-state index contributed by atoms with van der Waals surface area (Å²) in [6.45, 7) is 5.84. The smallest absolute Gasteiger partial charge is 0.274 e. The number of rotatable bonds is 2. The number of hydrogen-bond donors (Lipinski definition) is 0. The van der Waals surface area contributed by atoms with Gasteiger partial charge in [0.05, 0.1) is 7.11 Å². The maximum atomic E-state index is 11.5. The monoisotopic (exact) mass is 210 g/mol. The SMILES string of the molecule is CC.CON(C)C(=O)c1ncccc1C. The van der Waals surface area contributed by atoms with E-state index in [-0.39, 0.29) is 5.91 Å². The molecule has 1 aromatic heterocycles. The zero-order chi connectivity index (χ0) is 11.8. The van der Waals surface area contributed by atoms with Crippen LogP contribution in [0, 0.1) is 6.92 Å². The number of carbonyl (C=O) groups is 1. The fraction of sp³-hybridized carbons (Fsp3) is 0.455. The molecule has 1 heterocycles. The number of amides is 1. The van der Waals surface area contributed by atoms with E-state index in [0.717, 1.165) is 10.6 Å². The number of aryl methyl sites for hydroxylation is 1. The summed E-state index contributed by atoms with van der Waals surface area (Å²) < 4.78 is 0. The number of aromatic nitrogens is 1. The highest BCUT2D eigenvalue weighted by atomic mass is 16.7. The lowest BCUT2D eigenvalue weighted by molar-refractivity contribution is -0.0761. The maximum absolute atomic E-state index is 11.5. The quantitative estimate of drug-likeness (QED) is 0.701. The molecule has 0 saturated heterocycles. The topological polar surface area (TPSA) is 42.4 Å². The molecular formula is C11H18N2O2. The molecule has 4 heteroatoms. The second-order valence-electron chi connectivity index (χ2n) is 2.65. The number of nitrogens with zero attached hydrogens (tertiary/aromatic N) is 2. The van der Waals surface area contributed by atoms with Crippen LogP contribution in [-0.2, 0) is 4.84 Å². The van der Waals surface area contributed by atoms with Crippen molar-refractivity contribution in [3.8, 4) is 0 Å². The van der Waals surface area contributed by atoms with E-state index in [1.807, 2.05) is 26.8 Å². The third-order valence-corrected chi connectivity index (χ3v) is 1.77. The van der Waals surface area contributed by atoms with Crippen LogP contribution in [0.1, 0.15) is 29.9 Å². The van der Waals surface area contributed by atoms with Gasteiger partial charge in [0.15, 0.2) is 0 Å². The fourth-order valence-corrected chi connectivity index (χ4v) is 0.942. The molecule has 0 unspecified atom stereocenters. The average molecular weight is 210 g/mol. The van der Waals surface area contributed by atoms with Gasteiger partial charge < -0.3 is 0 Å². The van der Waals surface area contributed by atoms with E-state index in [0.29, 0.717) is 5.69 Å². The molecule has 84 valence electrons. The predicted octanol–water partition coefficient (Wildman–Crippen LogP) is 2.05. The molecule has 1 rings (SSSR count). The van der Waals surface area contributed by atoms with E-state index in [1.165, 1.54) is 7.11 Å². The van der Waals surface area contributed by atoms with Crippen molar-refractivity contribution in [1.29, 1.82) is 0 Å². The van der Waals surface area contributed by atoms with Gasteiger partial charge in [0, 0.05) is 13.2 Å². The van der Waals surface area contributed by atoms with E-state index in [9.17, 15) is 4.79 Å². The van der Waals surface area contributed by atoms with Crippen LogP contribution in [0.15, 0.2) is 18.3 Å². The summed E-state index contributed by atoms with van der Waals surface area (Å²) in [6, 6.07) is 3.63. The zero-order valence-electron chi connectivity index (χ0n) is 9.94. The van der Waals surface area contributed by atoms with Crippen LogP contribution in [0.25, 0.3) is 0 Å². The van der Waals surface area contributed by atoms with E-state index >= 15 is 0 Å². The van der Waals surface area contributed by atoms with E-state index < -0.39 is 0 Å². The highest BCUT2D eigenvalue weighted by Gasteiger charge is 2.14. The Bertz CT molecular complexity index is 313. The molecule has 0 fully saturated rings. The van der Waals surface area contributed by atoms with Crippen molar-refractivity contribution < 1.29 is 9.63 Å². The zero-order valence-corrected chi connectivity index (χ0v) is 9.94. The molecule has 0 aliphatic carbocycles.